The van der Waals surface area contributed by atoms with Crippen molar-refractivity contribution >= 4 is 16.2 Å². The maximum Gasteiger partial charge on any atom is 0.450 e. The topological polar surface area (TPSA) is 37.3 Å². The van der Waals surface area contributed by atoms with Crippen molar-refractivity contribution in [1.82, 2.24) is 0 Å². The van der Waals surface area contributed by atoms with Gasteiger partial charge in [-0.15, -0.1) is 0 Å². The Bertz CT molecular complexity index is 629. The highest BCUT2D eigenvalue weighted by atomic mass is 32.5. The second-order valence-corrected chi connectivity index (χ2v) is 7.11. The van der Waals surface area contributed by atoms with Gasteiger partial charge in [0.15, 0.2) is 0 Å². The molecule has 0 bridgehead atoms. The van der Waals surface area contributed by atoms with E-state index in [1.54, 1.807) is 0 Å². The second-order valence-electron chi connectivity index (χ2n) is 4.66. The summed E-state index contributed by atoms with van der Waals surface area (Å²) in [5.74, 6) is -47.0. The first kappa shape index (κ1) is 25.6. The van der Waals surface area contributed by atoms with Gasteiger partial charge in [-0.05, 0) is 0 Å². The molecule has 0 spiro atoms. The van der Waals surface area contributed by atoms with E-state index in [0.717, 1.165) is 0 Å². The molecule has 0 rings (SSSR count). The Morgan fingerprint density at radius 3 is 1.04 bits per heavy atom. The van der Waals surface area contributed by atoms with Crippen molar-refractivity contribution in [3.63, 3.8) is 0 Å². The van der Waals surface area contributed by atoms with Crippen molar-refractivity contribution < 1.29 is 82.0 Å². The zero-order chi connectivity index (χ0) is 23.0. The van der Waals surface area contributed by atoms with E-state index < -0.39 is 51.1 Å². The molecular formula is C7HF17O2S. The third-order valence-electron chi connectivity index (χ3n) is 2.70. The average molecular weight is 472 g/mol. The number of hydrogen-bond donors (Lipinski definition) is 1. The quantitative estimate of drug-likeness (QED) is 0.453. The molecule has 20 heteroatoms. The Hall–Kier alpha value is -1.37. The normalized spacial score (nSPS) is 18.7. The van der Waals surface area contributed by atoms with Crippen LogP contribution in [0.3, 0.4) is 0 Å². The largest absolute Gasteiger partial charge is 0.477 e. The zero-order valence-corrected chi connectivity index (χ0v) is 12.0. The first-order valence-electron chi connectivity index (χ1n) is 5.17. The first-order chi connectivity index (χ1) is 10.9. The summed E-state index contributed by atoms with van der Waals surface area (Å²) in [6, 6.07) is 0. The molecule has 0 radical (unpaired) electrons. The lowest BCUT2D eigenvalue weighted by Gasteiger charge is -2.50. The highest BCUT2D eigenvalue weighted by Gasteiger charge is 3.00. The van der Waals surface area contributed by atoms with Crippen LogP contribution in [0.4, 0.5) is 72.1 Å². The van der Waals surface area contributed by atoms with Crippen LogP contribution in [-0.4, -0.2) is 45.9 Å². The van der Waals surface area contributed by atoms with Crippen molar-refractivity contribution in [3.05, 3.63) is 0 Å². The van der Waals surface area contributed by atoms with Gasteiger partial charge < -0.3 is 5.11 Å². The fourth-order valence-electron chi connectivity index (χ4n) is 1.15. The Morgan fingerprint density at radius 1 is 0.556 bits per heavy atom. The van der Waals surface area contributed by atoms with Crippen LogP contribution in [0.2, 0.25) is 0 Å². The Balaban J connectivity index is 6.87. The van der Waals surface area contributed by atoms with Crippen molar-refractivity contribution in [2.75, 3.05) is 0 Å². The lowest BCUT2D eigenvalue weighted by atomic mass is 9.94. The number of carboxylic acids is 1. The van der Waals surface area contributed by atoms with Crippen LogP contribution in [0.5, 0.6) is 0 Å². The number of halogens is 17. The van der Waals surface area contributed by atoms with Gasteiger partial charge in [-0.3, -0.25) is 0 Å². The number of carbonyl (C=O) groups is 1. The number of alkyl halides is 12. The third kappa shape index (κ3) is 3.02. The maximum atomic E-state index is 12.8. The summed E-state index contributed by atoms with van der Waals surface area (Å²) >= 11 is 0. The van der Waals surface area contributed by atoms with E-state index in [1.165, 1.54) is 0 Å². The second kappa shape index (κ2) is 4.97. The molecule has 0 amide bonds. The molecule has 0 fully saturated rings. The molecule has 0 heterocycles. The van der Waals surface area contributed by atoms with Crippen molar-refractivity contribution in [1.29, 1.82) is 0 Å². The standard InChI is InChI=1S/C7HF17O2S/c8-2(9,1(25)26)3(10,11)4(12,13)5(14,15)6(16,17)7(18,19)27(20,21,22,23)24/h(H,25,26). The molecule has 0 saturated heterocycles. The Morgan fingerprint density at radius 2 is 0.815 bits per heavy atom. The van der Waals surface area contributed by atoms with Gasteiger partial charge in [-0.1, -0.05) is 19.4 Å². The molecule has 0 saturated carbocycles. The molecule has 0 aliphatic rings. The van der Waals surface area contributed by atoms with Gasteiger partial charge in [0, 0.05) is 0 Å². The van der Waals surface area contributed by atoms with Crippen molar-refractivity contribution in [2.45, 2.75) is 34.9 Å². The number of carboxylic acid groups (broad SMARTS) is 1. The van der Waals surface area contributed by atoms with Crippen LogP contribution in [0.15, 0.2) is 0 Å². The molecule has 27 heavy (non-hydrogen) atoms. The smallest absolute Gasteiger partial charge is 0.450 e. The van der Waals surface area contributed by atoms with E-state index in [2.05, 4.69) is 0 Å². The molecule has 0 atom stereocenters. The van der Waals surface area contributed by atoms with Gasteiger partial charge in [0.1, 0.15) is 0 Å². The third-order valence-corrected chi connectivity index (χ3v) is 3.92. The molecule has 2 nitrogen and oxygen atoms in total. The molecule has 0 aromatic carbocycles. The van der Waals surface area contributed by atoms with Crippen LogP contribution in [0.1, 0.15) is 0 Å². The summed E-state index contributed by atoms with van der Waals surface area (Å²) in [5, 5.41) is -1.88. The minimum atomic E-state index is -13.2. The first-order valence-corrected chi connectivity index (χ1v) is 7.12. The van der Waals surface area contributed by atoms with E-state index in [9.17, 15) is 76.9 Å². The number of hydrogen-bond acceptors (Lipinski definition) is 1. The summed E-state index contributed by atoms with van der Waals surface area (Å²) in [7, 11) is -13.2. The summed E-state index contributed by atoms with van der Waals surface area (Å²) in [5.41, 5.74) is 0. The minimum absolute atomic E-state index is 4.43. The molecule has 166 valence electrons. The van der Waals surface area contributed by atoms with Gasteiger partial charge in [0.25, 0.3) is 0 Å². The molecular weight excluding hydrogens is 471 g/mol. The molecule has 0 aliphatic heterocycles. The van der Waals surface area contributed by atoms with Crippen LogP contribution < -0.4 is 0 Å². The van der Waals surface area contributed by atoms with Crippen molar-refractivity contribution in [3.8, 4) is 0 Å². The van der Waals surface area contributed by atoms with E-state index in [-0.39, 0.29) is 0 Å². The van der Waals surface area contributed by atoms with E-state index in [0.29, 0.717) is 0 Å². The number of aliphatic carboxylic acids is 1. The maximum absolute atomic E-state index is 13.2. The van der Waals surface area contributed by atoms with Gasteiger partial charge in [0.2, 0.25) is 0 Å². The molecule has 0 aliphatic carbocycles. The lowest BCUT2D eigenvalue weighted by Crippen LogP contribution is -2.72. The van der Waals surface area contributed by atoms with Gasteiger partial charge in [-0.2, -0.15) is 52.7 Å². The van der Waals surface area contributed by atoms with Crippen LogP contribution in [0.25, 0.3) is 0 Å². The molecule has 0 unspecified atom stereocenters. The van der Waals surface area contributed by atoms with Crippen LogP contribution in [-0.2, 0) is 4.79 Å². The predicted molar refractivity (Wildman–Crippen MR) is 50.4 cm³/mol. The monoisotopic (exact) mass is 472 g/mol. The average Bonchev–Trinajstić information content (AvgIpc) is 2.33. The minimum Gasteiger partial charge on any atom is -0.477 e. The van der Waals surface area contributed by atoms with Gasteiger partial charge >= 0.3 is 51.1 Å². The molecule has 1 N–H and O–H groups in total. The SMILES string of the molecule is O=C(O)C(F)(F)C(F)(F)C(F)(F)C(F)(F)C(F)(F)C(F)(F)S(F)(F)(F)(F)F. The van der Waals surface area contributed by atoms with E-state index >= 15 is 0 Å². The van der Waals surface area contributed by atoms with E-state index in [1.807, 2.05) is 0 Å². The van der Waals surface area contributed by atoms with Crippen LogP contribution in [0, 0.1) is 0 Å². The summed E-state index contributed by atoms with van der Waals surface area (Å²) in [4.78, 5) is 9.71. The van der Waals surface area contributed by atoms with Gasteiger partial charge in [0.05, 0.1) is 0 Å². The molecule has 0 aromatic rings. The fourth-order valence-corrected chi connectivity index (χ4v) is 1.76. The zero-order valence-electron chi connectivity index (χ0n) is 11.2. The van der Waals surface area contributed by atoms with Crippen molar-refractivity contribution in [2.24, 2.45) is 0 Å². The van der Waals surface area contributed by atoms with Crippen LogP contribution >= 0.6 is 10.2 Å². The highest BCUT2D eigenvalue weighted by Crippen LogP contribution is 3.06. The van der Waals surface area contributed by atoms with Gasteiger partial charge in [-0.25, -0.2) is 4.79 Å². The Labute approximate surface area is 134 Å². The van der Waals surface area contributed by atoms with E-state index in [4.69, 9.17) is 5.11 Å². The molecule has 0 aromatic heterocycles. The highest BCUT2D eigenvalue weighted by molar-refractivity contribution is 8.46. The Kier molecular flexibility index (Phi) is 4.71. The summed E-state index contributed by atoms with van der Waals surface area (Å²) in [6.07, 6.45) is 0. The lowest BCUT2D eigenvalue weighted by molar-refractivity contribution is -0.414. The predicted octanol–water partition coefficient (Wildman–Crippen LogP) is 6.14. The summed E-state index contributed by atoms with van der Waals surface area (Å²) < 4.78 is 211. The fraction of sp³-hybridized carbons (Fsp3) is 0.857. The number of rotatable bonds is 7. The summed E-state index contributed by atoms with van der Waals surface area (Å²) in [6.45, 7) is 0.